The lowest BCUT2D eigenvalue weighted by molar-refractivity contribution is -0.138. The molecule has 2 heterocycles. The first-order valence-corrected chi connectivity index (χ1v) is 13.3. The SMILES string of the molecule is CCOC(=O)N1CCN(C(=O)[C@H](CCC(=O)O)NC(=O)c2cc(Oc3cccc(C(=O)O)c3)c3ccccc3n2)CC1. The third-order valence-electron chi connectivity index (χ3n) is 6.59. The molecule has 0 aliphatic carbocycles. The normalized spacial score (nSPS) is 13.7. The Bertz CT molecular complexity index is 1500. The van der Waals surface area contributed by atoms with Crippen LogP contribution in [0, 0.1) is 0 Å². The Morgan fingerprint density at radius 2 is 1.67 bits per heavy atom. The number of carbonyl (C=O) groups is 5. The summed E-state index contributed by atoms with van der Waals surface area (Å²) in [5, 5.41) is 21.7. The van der Waals surface area contributed by atoms with E-state index in [0.29, 0.717) is 10.9 Å². The van der Waals surface area contributed by atoms with E-state index in [1.54, 1.807) is 37.3 Å². The molecule has 1 aliphatic rings. The quantitative estimate of drug-likeness (QED) is 0.324. The number of hydrogen-bond acceptors (Lipinski definition) is 8. The van der Waals surface area contributed by atoms with Crippen LogP contribution < -0.4 is 10.1 Å². The molecule has 0 bridgehead atoms. The van der Waals surface area contributed by atoms with E-state index in [1.807, 2.05) is 0 Å². The van der Waals surface area contributed by atoms with Gasteiger partial charge in [0.15, 0.2) is 0 Å². The first kappa shape index (κ1) is 29.8. The van der Waals surface area contributed by atoms with Crippen LogP contribution in [-0.4, -0.2) is 93.7 Å². The average molecular weight is 579 g/mol. The Hall–Kier alpha value is -5.20. The molecule has 0 spiro atoms. The smallest absolute Gasteiger partial charge is 0.409 e. The molecule has 1 aromatic heterocycles. The number of para-hydroxylation sites is 1. The van der Waals surface area contributed by atoms with E-state index in [-0.39, 0.29) is 68.4 Å². The van der Waals surface area contributed by atoms with Crippen LogP contribution in [0.2, 0.25) is 0 Å². The lowest BCUT2D eigenvalue weighted by Gasteiger charge is -2.35. The number of pyridine rings is 1. The molecule has 0 unspecified atom stereocenters. The van der Waals surface area contributed by atoms with Crippen LogP contribution in [-0.2, 0) is 14.3 Å². The molecule has 0 radical (unpaired) electrons. The predicted molar refractivity (Wildman–Crippen MR) is 149 cm³/mol. The fourth-order valence-corrected chi connectivity index (χ4v) is 4.47. The molecule has 4 rings (SSSR count). The first-order chi connectivity index (χ1) is 20.2. The number of carboxylic acid groups (broad SMARTS) is 2. The van der Waals surface area contributed by atoms with Crippen molar-refractivity contribution < 1.29 is 43.7 Å². The largest absolute Gasteiger partial charge is 0.481 e. The monoisotopic (exact) mass is 578 g/mol. The number of amides is 3. The standard InChI is InChI=1S/C29H30N4O9/c1-2-41-29(40)33-14-12-32(13-15-33)27(37)22(10-11-25(34)35)31-26(36)23-17-24(20-8-3-4-9-21(20)30-23)42-19-7-5-6-18(16-19)28(38)39/h3-9,16-17,22H,2,10-15H2,1H3,(H,31,36)(H,34,35)(H,38,39)/t22-/m0/s1. The molecule has 1 aliphatic heterocycles. The molecule has 13 heteroatoms. The van der Waals surface area contributed by atoms with Crippen molar-refractivity contribution in [2.45, 2.75) is 25.8 Å². The van der Waals surface area contributed by atoms with Crippen LogP contribution in [0.15, 0.2) is 54.6 Å². The van der Waals surface area contributed by atoms with E-state index >= 15 is 0 Å². The maximum atomic E-state index is 13.4. The zero-order valence-corrected chi connectivity index (χ0v) is 22.8. The highest BCUT2D eigenvalue weighted by Gasteiger charge is 2.31. The number of aromatic carboxylic acids is 1. The van der Waals surface area contributed by atoms with Gasteiger partial charge in [-0.3, -0.25) is 14.4 Å². The van der Waals surface area contributed by atoms with Gasteiger partial charge in [0, 0.05) is 44.1 Å². The van der Waals surface area contributed by atoms with Crippen LogP contribution in [0.3, 0.4) is 0 Å². The summed E-state index contributed by atoms with van der Waals surface area (Å²) in [6, 6.07) is 13.0. The fraction of sp³-hybridized carbons (Fsp3) is 0.310. The Balaban J connectivity index is 1.56. The van der Waals surface area contributed by atoms with E-state index in [4.69, 9.17) is 9.47 Å². The maximum Gasteiger partial charge on any atom is 0.409 e. The summed E-state index contributed by atoms with van der Waals surface area (Å²) >= 11 is 0. The summed E-state index contributed by atoms with van der Waals surface area (Å²) in [5.74, 6) is -2.99. The summed E-state index contributed by atoms with van der Waals surface area (Å²) < 4.78 is 11.0. The number of carbonyl (C=O) groups excluding carboxylic acids is 3. The van der Waals surface area contributed by atoms with Crippen LogP contribution in [0.1, 0.15) is 40.6 Å². The molecule has 1 fully saturated rings. The molecule has 42 heavy (non-hydrogen) atoms. The summed E-state index contributed by atoms with van der Waals surface area (Å²) in [5.41, 5.74) is 0.350. The van der Waals surface area contributed by atoms with Gasteiger partial charge in [-0.1, -0.05) is 18.2 Å². The van der Waals surface area contributed by atoms with Crippen molar-refractivity contribution in [3.05, 3.63) is 65.9 Å². The summed E-state index contributed by atoms with van der Waals surface area (Å²) in [4.78, 5) is 68.8. The van der Waals surface area contributed by atoms with E-state index in [9.17, 15) is 34.2 Å². The number of fused-ring (bicyclic) bond motifs is 1. The number of aliphatic carboxylic acids is 1. The predicted octanol–water partition coefficient (Wildman–Crippen LogP) is 2.99. The van der Waals surface area contributed by atoms with Gasteiger partial charge in [0.2, 0.25) is 5.91 Å². The number of nitrogens with zero attached hydrogens (tertiary/aromatic N) is 3. The van der Waals surface area contributed by atoms with Gasteiger partial charge < -0.3 is 34.8 Å². The second kappa shape index (κ2) is 13.4. The molecule has 220 valence electrons. The van der Waals surface area contributed by atoms with Crippen molar-refractivity contribution in [1.82, 2.24) is 20.1 Å². The summed E-state index contributed by atoms with van der Waals surface area (Å²) in [6.07, 6.45) is -0.994. The summed E-state index contributed by atoms with van der Waals surface area (Å²) in [7, 11) is 0. The molecule has 0 saturated carbocycles. The highest BCUT2D eigenvalue weighted by atomic mass is 16.6. The molecule has 1 saturated heterocycles. The Morgan fingerprint density at radius 1 is 0.952 bits per heavy atom. The third kappa shape index (κ3) is 7.30. The second-order valence-corrected chi connectivity index (χ2v) is 9.43. The Morgan fingerprint density at radius 3 is 2.36 bits per heavy atom. The fourth-order valence-electron chi connectivity index (χ4n) is 4.47. The Kier molecular flexibility index (Phi) is 9.53. The van der Waals surface area contributed by atoms with E-state index in [0.717, 1.165) is 0 Å². The lowest BCUT2D eigenvalue weighted by atomic mass is 10.1. The topological polar surface area (TPSA) is 176 Å². The molecule has 1 atom stereocenters. The van der Waals surface area contributed by atoms with Crippen molar-refractivity contribution in [1.29, 1.82) is 0 Å². The number of ether oxygens (including phenoxy) is 2. The van der Waals surface area contributed by atoms with Gasteiger partial charge in [0.1, 0.15) is 23.2 Å². The minimum atomic E-state index is -1.16. The van der Waals surface area contributed by atoms with Crippen molar-refractivity contribution >= 4 is 40.7 Å². The van der Waals surface area contributed by atoms with Gasteiger partial charge in [0.05, 0.1) is 17.7 Å². The number of rotatable bonds is 10. The van der Waals surface area contributed by atoms with Crippen molar-refractivity contribution in [3.8, 4) is 11.5 Å². The molecule has 3 aromatic rings. The molecular weight excluding hydrogens is 548 g/mol. The van der Waals surface area contributed by atoms with E-state index in [2.05, 4.69) is 10.3 Å². The second-order valence-electron chi connectivity index (χ2n) is 9.43. The third-order valence-corrected chi connectivity index (χ3v) is 6.59. The number of nitrogens with one attached hydrogen (secondary N) is 1. The highest BCUT2D eigenvalue weighted by molar-refractivity contribution is 5.99. The van der Waals surface area contributed by atoms with Gasteiger partial charge in [-0.05, 0) is 43.7 Å². The van der Waals surface area contributed by atoms with Gasteiger partial charge in [0.25, 0.3) is 5.91 Å². The lowest BCUT2D eigenvalue weighted by Crippen LogP contribution is -2.56. The minimum Gasteiger partial charge on any atom is -0.481 e. The van der Waals surface area contributed by atoms with Crippen LogP contribution in [0.25, 0.3) is 10.9 Å². The zero-order valence-electron chi connectivity index (χ0n) is 22.8. The average Bonchev–Trinajstić information content (AvgIpc) is 2.99. The van der Waals surface area contributed by atoms with Crippen LogP contribution >= 0.6 is 0 Å². The van der Waals surface area contributed by atoms with Gasteiger partial charge >= 0.3 is 18.0 Å². The van der Waals surface area contributed by atoms with Crippen molar-refractivity contribution in [2.24, 2.45) is 0 Å². The number of benzene rings is 2. The minimum absolute atomic E-state index is 0.0201. The number of hydrogen-bond donors (Lipinski definition) is 3. The molecule has 2 aromatic carbocycles. The first-order valence-electron chi connectivity index (χ1n) is 13.3. The molecular formula is C29H30N4O9. The zero-order chi connectivity index (χ0) is 30.2. The Labute approximate surface area is 240 Å². The highest BCUT2D eigenvalue weighted by Crippen LogP contribution is 2.30. The van der Waals surface area contributed by atoms with Crippen LogP contribution in [0.5, 0.6) is 11.5 Å². The molecule has 3 amide bonds. The molecule has 13 nitrogen and oxygen atoms in total. The number of piperazine rings is 1. The van der Waals surface area contributed by atoms with Gasteiger partial charge in [-0.2, -0.15) is 0 Å². The van der Waals surface area contributed by atoms with Crippen LogP contribution in [0.4, 0.5) is 4.79 Å². The summed E-state index contributed by atoms with van der Waals surface area (Å²) in [6.45, 7) is 2.78. The van der Waals surface area contributed by atoms with Crippen molar-refractivity contribution in [3.63, 3.8) is 0 Å². The van der Waals surface area contributed by atoms with E-state index in [1.165, 1.54) is 34.1 Å². The van der Waals surface area contributed by atoms with Crippen molar-refractivity contribution in [2.75, 3.05) is 32.8 Å². The van der Waals surface area contributed by atoms with Gasteiger partial charge in [-0.15, -0.1) is 0 Å². The van der Waals surface area contributed by atoms with Gasteiger partial charge in [-0.25, -0.2) is 14.6 Å². The number of carboxylic acids is 2. The maximum absolute atomic E-state index is 13.4. The number of aromatic nitrogens is 1. The van der Waals surface area contributed by atoms with E-state index < -0.39 is 35.9 Å². The molecule has 3 N–H and O–H groups in total.